The van der Waals surface area contributed by atoms with Gasteiger partial charge in [-0.1, -0.05) is 18.2 Å². The largest absolute Gasteiger partial charge is 0.508 e. The second-order valence-corrected chi connectivity index (χ2v) is 4.67. The minimum atomic E-state index is -0.227. The number of carbonyl (C=O) groups excluding carboxylic acids is 1. The topological polar surface area (TPSA) is 67.8 Å². The zero-order chi connectivity index (χ0) is 14.7. The fraction of sp³-hybridized carbons (Fsp3) is 0.188. The SMILES string of the molecule is O=C(NCc1ccccc1O)c1ccc2c(c1)OCCO2. The summed E-state index contributed by atoms with van der Waals surface area (Å²) >= 11 is 0. The molecule has 5 nitrogen and oxygen atoms in total. The maximum Gasteiger partial charge on any atom is 0.251 e. The third-order valence-corrected chi connectivity index (χ3v) is 3.24. The van der Waals surface area contributed by atoms with Crippen LogP contribution in [0.1, 0.15) is 15.9 Å². The second kappa shape index (κ2) is 5.75. The number of phenolic OH excluding ortho intramolecular Hbond substituents is 1. The van der Waals surface area contributed by atoms with E-state index >= 15 is 0 Å². The number of benzene rings is 2. The van der Waals surface area contributed by atoms with Crippen LogP contribution in [0.5, 0.6) is 17.2 Å². The van der Waals surface area contributed by atoms with Crippen LogP contribution in [0.25, 0.3) is 0 Å². The summed E-state index contributed by atoms with van der Waals surface area (Å²) in [6.45, 7) is 1.27. The number of para-hydroxylation sites is 1. The molecule has 5 heteroatoms. The number of aromatic hydroxyl groups is 1. The van der Waals surface area contributed by atoms with Crippen molar-refractivity contribution in [2.24, 2.45) is 0 Å². The standard InChI is InChI=1S/C16H15NO4/c18-13-4-2-1-3-12(13)10-17-16(19)11-5-6-14-15(9-11)21-8-7-20-14/h1-6,9,18H,7-8,10H2,(H,17,19). The number of carbonyl (C=O) groups is 1. The van der Waals surface area contributed by atoms with Gasteiger partial charge in [-0.2, -0.15) is 0 Å². The Labute approximate surface area is 122 Å². The Bertz CT molecular complexity index is 669. The van der Waals surface area contributed by atoms with Gasteiger partial charge in [-0.3, -0.25) is 4.79 Å². The lowest BCUT2D eigenvalue weighted by molar-refractivity contribution is 0.0949. The zero-order valence-corrected chi connectivity index (χ0v) is 11.3. The number of fused-ring (bicyclic) bond motifs is 1. The smallest absolute Gasteiger partial charge is 0.251 e. The summed E-state index contributed by atoms with van der Waals surface area (Å²) in [6, 6.07) is 12.0. The van der Waals surface area contributed by atoms with Crippen molar-refractivity contribution in [2.45, 2.75) is 6.54 Å². The summed E-state index contributed by atoms with van der Waals surface area (Å²) in [7, 11) is 0. The van der Waals surface area contributed by atoms with E-state index in [-0.39, 0.29) is 18.2 Å². The first kappa shape index (κ1) is 13.3. The number of ether oxygens (including phenoxy) is 2. The van der Waals surface area contributed by atoms with Crippen molar-refractivity contribution >= 4 is 5.91 Å². The summed E-state index contributed by atoms with van der Waals surface area (Å²) in [5.41, 5.74) is 1.16. The van der Waals surface area contributed by atoms with E-state index in [0.29, 0.717) is 35.8 Å². The monoisotopic (exact) mass is 285 g/mol. The molecule has 1 heterocycles. The van der Waals surface area contributed by atoms with E-state index in [0.717, 1.165) is 0 Å². The average Bonchev–Trinajstić information content (AvgIpc) is 2.53. The Morgan fingerprint density at radius 2 is 1.86 bits per heavy atom. The molecule has 0 spiro atoms. The van der Waals surface area contributed by atoms with Gasteiger partial charge in [0.05, 0.1) is 0 Å². The van der Waals surface area contributed by atoms with E-state index in [4.69, 9.17) is 9.47 Å². The third kappa shape index (κ3) is 2.91. The molecule has 0 saturated carbocycles. The molecule has 21 heavy (non-hydrogen) atoms. The molecule has 1 aliphatic heterocycles. The molecule has 3 rings (SSSR count). The second-order valence-electron chi connectivity index (χ2n) is 4.67. The van der Waals surface area contributed by atoms with Crippen LogP contribution in [0, 0.1) is 0 Å². The Kier molecular flexibility index (Phi) is 3.64. The lowest BCUT2D eigenvalue weighted by Crippen LogP contribution is -2.23. The number of hydrogen-bond acceptors (Lipinski definition) is 4. The highest BCUT2D eigenvalue weighted by molar-refractivity contribution is 5.94. The molecule has 2 aromatic rings. The lowest BCUT2D eigenvalue weighted by Gasteiger charge is -2.18. The first-order valence-corrected chi connectivity index (χ1v) is 6.69. The van der Waals surface area contributed by atoms with Crippen molar-refractivity contribution in [3.63, 3.8) is 0 Å². The van der Waals surface area contributed by atoms with Gasteiger partial charge in [0, 0.05) is 17.7 Å². The molecule has 1 aliphatic rings. The molecule has 108 valence electrons. The fourth-order valence-electron chi connectivity index (χ4n) is 2.12. The van der Waals surface area contributed by atoms with Crippen LogP contribution >= 0.6 is 0 Å². The predicted octanol–water partition coefficient (Wildman–Crippen LogP) is 2.09. The fourth-order valence-corrected chi connectivity index (χ4v) is 2.12. The normalized spacial score (nSPS) is 12.8. The van der Waals surface area contributed by atoms with Crippen molar-refractivity contribution in [1.82, 2.24) is 5.32 Å². The van der Waals surface area contributed by atoms with E-state index in [2.05, 4.69) is 5.32 Å². The van der Waals surface area contributed by atoms with Gasteiger partial charge in [-0.15, -0.1) is 0 Å². The van der Waals surface area contributed by atoms with Gasteiger partial charge < -0.3 is 19.9 Å². The van der Waals surface area contributed by atoms with E-state index in [9.17, 15) is 9.90 Å². The van der Waals surface area contributed by atoms with Gasteiger partial charge in [0.2, 0.25) is 0 Å². The molecule has 2 N–H and O–H groups in total. The number of nitrogens with one attached hydrogen (secondary N) is 1. The van der Waals surface area contributed by atoms with Gasteiger partial charge in [0.25, 0.3) is 5.91 Å². The molecule has 0 aliphatic carbocycles. The maximum atomic E-state index is 12.1. The summed E-state index contributed by atoms with van der Waals surface area (Å²) < 4.78 is 10.9. The molecule has 0 saturated heterocycles. The van der Waals surface area contributed by atoms with Gasteiger partial charge in [-0.05, 0) is 24.3 Å². The first-order valence-electron chi connectivity index (χ1n) is 6.69. The van der Waals surface area contributed by atoms with Gasteiger partial charge in [-0.25, -0.2) is 0 Å². The number of hydrogen-bond donors (Lipinski definition) is 2. The summed E-state index contributed by atoms with van der Waals surface area (Å²) in [5.74, 6) is 1.17. The number of amides is 1. The minimum absolute atomic E-state index is 0.167. The Balaban J connectivity index is 1.69. The molecule has 1 amide bonds. The van der Waals surface area contributed by atoms with Crippen LogP contribution in [0.2, 0.25) is 0 Å². The molecule has 0 fully saturated rings. The molecule has 0 aromatic heterocycles. The number of rotatable bonds is 3. The highest BCUT2D eigenvalue weighted by atomic mass is 16.6. The Hall–Kier alpha value is -2.69. The van der Waals surface area contributed by atoms with E-state index in [1.807, 2.05) is 6.07 Å². The van der Waals surface area contributed by atoms with Crippen LogP contribution < -0.4 is 14.8 Å². The molecule has 2 aromatic carbocycles. The average molecular weight is 285 g/mol. The molecular formula is C16H15NO4. The van der Waals surface area contributed by atoms with E-state index in [1.54, 1.807) is 36.4 Å². The van der Waals surface area contributed by atoms with Crippen molar-refractivity contribution in [1.29, 1.82) is 0 Å². The molecule has 0 bridgehead atoms. The summed E-state index contributed by atoms with van der Waals surface area (Å²) in [4.78, 5) is 12.1. The lowest BCUT2D eigenvalue weighted by atomic mass is 10.1. The summed E-state index contributed by atoms with van der Waals surface area (Å²) in [6.07, 6.45) is 0. The molecule has 0 unspecified atom stereocenters. The maximum absolute atomic E-state index is 12.1. The van der Waals surface area contributed by atoms with Crippen LogP contribution in [0.3, 0.4) is 0 Å². The number of phenols is 1. The minimum Gasteiger partial charge on any atom is -0.508 e. The molecular weight excluding hydrogens is 270 g/mol. The third-order valence-electron chi connectivity index (χ3n) is 3.24. The van der Waals surface area contributed by atoms with Crippen LogP contribution in [-0.2, 0) is 6.54 Å². The van der Waals surface area contributed by atoms with E-state index in [1.165, 1.54) is 0 Å². The zero-order valence-electron chi connectivity index (χ0n) is 11.3. The van der Waals surface area contributed by atoms with Crippen LogP contribution in [0.4, 0.5) is 0 Å². The van der Waals surface area contributed by atoms with Crippen LogP contribution in [-0.4, -0.2) is 24.2 Å². The molecule has 0 atom stereocenters. The van der Waals surface area contributed by atoms with Crippen molar-refractivity contribution in [2.75, 3.05) is 13.2 Å². The Morgan fingerprint density at radius 1 is 1.10 bits per heavy atom. The Morgan fingerprint density at radius 3 is 2.67 bits per heavy atom. The van der Waals surface area contributed by atoms with Crippen molar-refractivity contribution in [3.8, 4) is 17.2 Å². The van der Waals surface area contributed by atoms with E-state index < -0.39 is 0 Å². The first-order chi connectivity index (χ1) is 10.2. The van der Waals surface area contributed by atoms with Gasteiger partial charge in [0.1, 0.15) is 19.0 Å². The van der Waals surface area contributed by atoms with Crippen molar-refractivity contribution in [3.05, 3.63) is 53.6 Å². The predicted molar refractivity (Wildman–Crippen MR) is 76.7 cm³/mol. The highest BCUT2D eigenvalue weighted by Gasteiger charge is 2.15. The highest BCUT2D eigenvalue weighted by Crippen LogP contribution is 2.30. The van der Waals surface area contributed by atoms with Crippen molar-refractivity contribution < 1.29 is 19.4 Å². The van der Waals surface area contributed by atoms with Gasteiger partial charge in [0.15, 0.2) is 11.5 Å². The van der Waals surface area contributed by atoms with Gasteiger partial charge >= 0.3 is 0 Å². The molecule has 0 radical (unpaired) electrons. The quantitative estimate of drug-likeness (QED) is 0.906. The van der Waals surface area contributed by atoms with Crippen LogP contribution in [0.15, 0.2) is 42.5 Å². The summed E-state index contributed by atoms with van der Waals surface area (Å²) in [5, 5.41) is 12.4.